The standard InChI is InChI=1S/C11H10Cl2F2O3/c1-2-17-9(16)5-18-8-3-7(13)6(4-12)10(14)11(8)15/h3H,2,4-5H2,1H3. The van der Waals surface area contributed by atoms with Crippen molar-refractivity contribution < 1.29 is 23.0 Å². The Labute approximate surface area is 113 Å². The quantitative estimate of drug-likeness (QED) is 0.475. The monoisotopic (exact) mass is 298 g/mol. The third-order valence-electron chi connectivity index (χ3n) is 2.00. The zero-order valence-electron chi connectivity index (χ0n) is 9.44. The van der Waals surface area contributed by atoms with E-state index < -0.39 is 30.0 Å². The number of carbonyl (C=O) groups excluding carboxylic acids is 1. The van der Waals surface area contributed by atoms with Gasteiger partial charge in [-0.15, -0.1) is 11.6 Å². The minimum Gasteiger partial charge on any atom is -0.479 e. The molecule has 1 aromatic rings. The van der Waals surface area contributed by atoms with E-state index in [1.165, 1.54) is 0 Å². The van der Waals surface area contributed by atoms with Gasteiger partial charge in [-0.3, -0.25) is 0 Å². The van der Waals surface area contributed by atoms with Crippen LogP contribution in [-0.2, 0) is 15.4 Å². The molecular formula is C11H10Cl2F2O3. The number of esters is 1. The third-order valence-corrected chi connectivity index (χ3v) is 2.61. The average molecular weight is 299 g/mol. The van der Waals surface area contributed by atoms with Crippen molar-refractivity contribution in [3.63, 3.8) is 0 Å². The molecule has 0 saturated heterocycles. The molecule has 1 rings (SSSR count). The molecule has 3 nitrogen and oxygen atoms in total. The summed E-state index contributed by atoms with van der Waals surface area (Å²) in [6.45, 7) is 1.26. The predicted octanol–water partition coefficient (Wildman–Crippen LogP) is 3.30. The van der Waals surface area contributed by atoms with Crippen molar-refractivity contribution >= 4 is 29.2 Å². The molecule has 18 heavy (non-hydrogen) atoms. The molecule has 0 saturated carbocycles. The number of alkyl halides is 1. The van der Waals surface area contributed by atoms with Crippen LogP contribution >= 0.6 is 23.2 Å². The van der Waals surface area contributed by atoms with Gasteiger partial charge >= 0.3 is 5.97 Å². The fourth-order valence-corrected chi connectivity index (χ4v) is 1.76. The van der Waals surface area contributed by atoms with Crippen LogP contribution in [0.5, 0.6) is 5.75 Å². The lowest BCUT2D eigenvalue weighted by Crippen LogP contribution is -2.15. The van der Waals surface area contributed by atoms with Gasteiger partial charge < -0.3 is 9.47 Å². The Morgan fingerprint density at radius 1 is 1.39 bits per heavy atom. The summed E-state index contributed by atoms with van der Waals surface area (Å²) >= 11 is 11.1. The van der Waals surface area contributed by atoms with Crippen LogP contribution in [0, 0.1) is 11.6 Å². The van der Waals surface area contributed by atoms with Crippen LogP contribution in [0.1, 0.15) is 12.5 Å². The van der Waals surface area contributed by atoms with E-state index in [1.807, 2.05) is 0 Å². The second kappa shape index (κ2) is 6.75. The number of hydrogen-bond acceptors (Lipinski definition) is 3. The van der Waals surface area contributed by atoms with Gasteiger partial charge in [0.25, 0.3) is 0 Å². The van der Waals surface area contributed by atoms with Crippen LogP contribution in [0.3, 0.4) is 0 Å². The first-order chi connectivity index (χ1) is 8.51. The number of carbonyl (C=O) groups is 1. The largest absolute Gasteiger partial charge is 0.479 e. The summed E-state index contributed by atoms with van der Waals surface area (Å²) in [5, 5.41) is -0.0669. The van der Waals surface area contributed by atoms with E-state index in [1.54, 1.807) is 6.92 Å². The Kier molecular flexibility index (Phi) is 5.62. The van der Waals surface area contributed by atoms with Crippen LogP contribution in [0.2, 0.25) is 5.02 Å². The molecule has 0 aliphatic heterocycles. The molecule has 0 radical (unpaired) electrons. The van der Waals surface area contributed by atoms with Crippen LogP contribution < -0.4 is 4.74 Å². The van der Waals surface area contributed by atoms with E-state index in [0.29, 0.717) is 0 Å². The normalized spacial score (nSPS) is 10.3. The summed E-state index contributed by atoms with van der Waals surface area (Å²) in [5.41, 5.74) is -0.153. The maximum Gasteiger partial charge on any atom is 0.344 e. The van der Waals surface area contributed by atoms with Crippen molar-refractivity contribution in [2.24, 2.45) is 0 Å². The average Bonchev–Trinajstić information content (AvgIpc) is 2.33. The van der Waals surface area contributed by atoms with Crippen LogP contribution in [0.15, 0.2) is 6.07 Å². The van der Waals surface area contributed by atoms with Gasteiger partial charge in [0, 0.05) is 11.6 Å². The summed E-state index contributed by atoms with van der Waals surface area (Å²) in [5.74, 6) is -3.83. The molecule has 0 aliphatic carbocycles. The van der Waals surface area contributed by atoms with Crippen molar-refractivity contribution in [1.29, 1.82) is 0 Å². The Balaban J connectivity index is 2.88. The van der Waals surface area contributed by atoms with Gasteiger partial charge in [0.05, 0.1) is 17.5 Å². The Morgan fingerprint density at radius 2 is 2.06 bits per heavy atom. The van der Waals surface area contributed by atoms with E-state index in [2.05, 4.69) is 4.74 Å². The first-order valence-electron chi connectivity index (χ1n) is 5.02. The van der Waals surface area contributed by atoms with E-state index in [4.69, 9.17) is 27.9 Å². The summed E-state index contributed by atoms with van der Waals surface area (Å²) in [7, 11) is 0. The topological polar surface area (TPSA) is 35.5 Å². The van der Waals surface area contributed by atoms with Gasteiger partial charge in [-0.25, -0.2) is 9.18 Å². The molecule has 0 fully saturated rings. The number of halogens is 4. The third kappa shape index (κ3) is 3.46. The minimum atomic E-state index is -1.24. The number of benzene rings is 1. The maximum atomic E-state index is 13.5. The number of ether oxygens (including phenoxy) is 2. The lowest BCUT2D eigenvalue weighted by molar-refractivity contribution is -0.145. The fourth-order valence-electron chi connectivity index (χ4n) is 1.18. The van der Waals surface area contributed by atoms with Crippen LogP contribution in [0.25, 0.3) is 0 Å². The summed E-state index contributed by atoms with van der Waals surface area (Å²) in [6.07, 6.45) is 0. The molecule has 0 bridgehead atoms. The molecule has 1 aromatic carbocycles. The van der Waals surface area contributed by atoms with E-state index in [9.17, 15) is 13.6 Å². The fraction of sp³-hybridized carbons (Fsp3) is 0.364. The number of hydrogen-bond donors (Lipinski definition) is 0. The highest BCUT2D eigenvalue weighted by Crippen LogP contribution is 2.30. The summed E-state index contributed by atoms with van der Waals surface area (Å²) < 4.78 is 36.3. The molecule has 0 atom stereocenters. The maximum absolute atomic E-state index is 13.5. The van der Waals surface area contributed by atoms with Crippen molar-refractivity contribution in [3.05, 3.63) is 28.3 Å². The van der Waals surface area contributed by atoms with E-state index in [-0.39, 0.29) is 23.1 Å². The molecular weight excluding hydrogens is 289 g/mol. The molecule has 0 unspecified atom stereocenters. The van der Waals surface area contributed by atoms with Crippen LogP contribution in [-0.4, -0.2) is 19.2 Å². The highest BCUT2D eigenvalue weighted by atomic mass is 35.5. The zero-order valence-corrected chi connectivity index (χ0v) is 10.9. The zero-order chi connectivity index (χ0) is 13.7. The molecule has 100 valence electrons. The molecule has 0 N–H and O–H groups in total. The lowest BCUT2D eigenvalue weighted by atomic mass is 10.2. The van der Waals surface area contributed by atoms with Gasteiger partial charge in [-0.1, -0.05) is 11.6 Å². The van der Waals surface area contributed by atoms with E-state index >= 15 is 0 Å². The number of rotatable bonds is 5. The minimum absolute atomic E-state index is 0.0669. The van der Waals surface area contributed by atoms with Gasteiger partial charge in [-0.05, 0) is 6.92 Å². The molecule has 0 heterocycles. The van der Waals surface area contributed by atoms with Crippen molar-refractivity contribution in [3.8, 4) is 5.75 Å². The lowest BCUT2D eigenvalue weighted by Gasteiger charge is -2.10. The smallest absolute Gasteiger partial charge is 0.344 e. The summed E-state index contributed by atoms with van der Waals surface area (Å²) in [6, 6.07) is 1.07. The van der Waals surface area contributed by atoms with Crippen LogP contribution in [0.4, 0.5) is 8.78 Å². The predicted molar refractivity (Wildman–Crippen MR) is 63.1 cm³/mol. The van der Waals surface area contributed by atoms with Gasteiger partial charge in [0.2, 0.25) is 5.82 Å². The van der Waals surface area contributed by atoms with Gasteiger partial charge in [0.15, 0.2) is 18.2 Å². The molecule has 0 spiro atoms. The van der Waals surface area contributed by atoms with Gasteiger partial charge in [-0.2, -0.15) is 4.39 Å². The highest BCUT2D eigenvalue weighted by Gasteiger charge is 2.18. The molecule has 0 aromatic heterocycles. The van der Waals surface area contributed by atoms with Crippen molar-refractivity contribution in [2.45, 2.75) is 12.8 Å². The Bertz CT molecular complexity index is 452. The first kappa shape index (κ1) is 15.0. The summed E-state index contributed by atoms with van der Waals surface area (Å²) in [4.78, 5) is 11.0. The molecule has 7 heteroatoms. The highest BCUT2D eigenvalue weighted by molar-refractivity contribution is 6.32. The van der Waals surface area contributed by atoms with E-state index in [0.717, 1.165) is 6.07 Å². The van der Waals surface area contributed by atoms with Gasteiger partial charge in [0.1, 0.15) is 0 Å². The SMILES string of the molecule is CCOC(=O)COc1cc(Cl)c(CCl)c(F)c1F. The second-order valence-corrected chi connectivity index (χ2v) is 3.86. The van der Waals surface area contributed by atoms with Crippen molar-refractivity contribution in [1.82, 2.24) is 0 Å². The Hall–Kier alpha value is -1.07. The second-order valence-electron chi connectivity index (χ2n) is 3.19. The van der Waals surface area contributed by atoms with Crippen molar-refractivity contribution in [2.75, 3.05) is 13.2 Å². The molecule has 0 amide bonds. The first-order valence-corrected chi connectivity index (χ1v) is 5.93. The Morgan fingerprint density at radius 3 is 2.61 bits per heavy atom. The molecule has 0 aliphatic rings.